The zero-order valence-corrected chi connectivity index (χ0v) is 15.7. The molecule has 0 bridgehead atoms. The summed E-state index contributed by atoms with van der Waals surface area (Å²) in [6.45, 7) is 4.06. The van der Waals surface area contributed by atoms with Crippen LogP contribution in [0.5, 0.6) is 0 Å². The van der Waals surface area contributed by atoms with E-state index >= 15 is 0 Å². The van der Waals surface area contributed by atoms with Crippen LogP contribution in [0.1, 0.15) is 48.7 Å². The number of pyridine rings is 1. The third-order valence-electron chi connectivity index (χ3n) is 4.16. The van der Waals surface area contributed by atoms with E-state index in [2.05, 4.69) is 9.98 Å². The second-order valence-electron chi connectivity index (χ2n) is 6.87. The molecule has 1 aliphatic rings. The lowest BCUT2D eigenvalue weighted by Crippen LogP contribution is -2.29. The summed E-state index contributed by atoms with van der Waals surface area (Å²) in [5.74, 6) is -0.965. The third-order valence-corrected chi connectivity index (χ3v) is 5.19. The highest BCUT2D eigenvalue weighted by Crippen LogP contribution is 2.41. The average Bonchev–Trinajstić information content (AvgIpc) is 2.61. The number of hydrogen-bond donors (Lipinski definition) is 1. The molecule has 0 fully saturated rings. The fourth-order valence-electron chi connectivity index (χ4n) is 2.92. The highest BCUT2D eigenvalue weighted by molar-refractivity contribution is 8.15. The third kappa shape index (κ3) is 4.52. The highest BCUT2D eigenvalue weighted by atomic mass is 32.2. The molecule has 3 rings (SSSR count). The molecular formula is C20H18F2N4S. The number of halogens is 2. The molecule has 1 atom stereocenters. The molecule has 7 heteroatoms. The maximum Gasteiger partial charge on any atom is 0.155 e. The van der Waals surface area contributed by atoms with E-state index in [-0.39, 0.29) is 10.4 Å². The minimum absolute atomic E-state index is 0.109. The second-order valence-corrected chi connectivity index (χ2v) is 8.59. The Hall–Kier alpha value is -2.72. The van der Waals surface area contributed by atoms with Gasteiger partial charge < -0.3 is 5.73 Å². The van der Waals surface area contributed by atoms with Gasteiger partial charge in [-0.2, -0.15) is 5.26 Å². The maximum absolute atomic E-state index is 14.5. The molecule has 27 heavy (non-hydrogen) atoms. The topological polar surface area (TPSA) is 75.1 Å². The number of aliphatic imine (C=N–C) groups is 1. The van der Waals surface area contributed by atoms with Gasteiger partial charge in [0, 0.05) is 16.5 Å². The van der Waals surface area contributed by atoms with Crippen LogP contribution in [-0.2, 0) is 0 Å². The quantitative estimate of drug-likeness (QED) is 0.822. The number of nitrogens with two attached hydrogens (primary N) is 1. The predicted molar refractivity (Wildman–Crippen MR) is 105 cm³/mol. The van der Waals surface area contributed by atoms with Crippen LogP contribution in [0.2, 0.25) is 0 Å². The Morgan fingerprint density at radius 3 is 2.78 bits per heavy atom. The van der Waals surface area contributed by atoms with Crippen LogP contribution < -0.4 is 5.73 Å². The first-order valence-corrected chi connectivity index (χ1v) is 9.14. The maximum atomic E-state index is 14.5. The predicted octanol–water partition coefficient (Wildman–Crippen LogP) is 4.83. The van der Waals surface area contributed by atoms with Crippen molar-refractivity contribution in [3.05, 3.63) is 64.7 Å². The SMILES string of the molecule is CC1(C)CC(c2cc(/C=C(\F)c3ccc(C#N)cn3)ccc2F)N=C(N)S1. The Kier molecular flexibility index (Phi) is 5.29. The van der Waals surface area contributed by atoms with E-state index < -0.39 is 17.7 Å². The smallest absolute Gasteiger partial charge is 0.155 e. The molecule has 1 unspecified atom stereocenters. The van der Waals surface area contributed by atoms with E-state index in [0.29, 0.717) is 28.3 Å². The molecule has 0 saturated heterocycles. The summed E-state index contributed by atoms with van der Waals surface area (Å²) in [6.07, 6.45) is 3.22. The molecule has 0 spiro atoms. The fourth-order valence-corrected chi connectivity index (χ4v) is 3.91. The van der Waals surface area contributed by atoms with Gasteiger partial charge in [-0.15, -0.1) is 0 Å². The standard InChI is InChI=1S/C20H18F2N4S/c1-20(2)9-18(26-19(24)27-20)14-7-12(3-5-15(14)21)8-16(22)17-6-4-13(10-23)11-25-17/h3-8,11,18H,9H2,1-2H3,(H2,24,26)/b16-8-. The number of nitriles is 1. The Morgan fingerprint density at radius 2 is 2.15 bits per heavy atom. The van der Waals surface area contributed by atoms with Gasteiger partial charge >= 0.3 is 0 Å². The number of thioether (sulfide) groups is 1. The van der Waals surface area contributed by atoms with Crippen molar-refractivity contribution in [1.29, 1.82) is 5.26 Å². The number of amidine groups is 1. The van der Waals surface area contributed by atoms with E-state index in [1.54, 1.807) is 6.07 Å². The van der Waals surface area contributed by atoms with Gasteiger partial charge in [-0.1, -0.05) is 31.7 Å². The number of rotatable bonds is 3. The van der Waals surface area contributed by atoms with E-state index in [1.807, 2.05) is 19.9 Å². The summed E-state index contributed by atoms with van der Waals surface area (Å²) < 4.78 is 28.7. The fraction of sp³-hybridized carbons (Fsp3) is 0.250. The largest absolute Gasteiger partial charge is 0.379 e. The highest BCUT2D eigenvalue weighted by Gasteiger charge is 2.32. The Labute approximate surface area is 160 Å². The van der Waals surface area contributed by atoms with Crippen LogP contribution in [0.25, 0.3) is 11.9 Å². The Bertz CT molecular complexity index is 959. The zero-order valence-electron chi connectivity index (χ0n) is 14.9. The van der Waals surface area contributed by atoms with Crippen LogP contribution >= 0.6 is 11.8 Å². The average molecular weight is 384 g/mol. The second kappa shape index (κ2) is 7.49. The zero-order chi connectivity index (χ0) is 19.6. The van der Waals surface area contributed by atoms with Gasteiger partial charge in [0.2, 0.25) is 0 Å². The van der Waals surface area contributed by atoms with Gasteiger partial charge in [0.15, 0.2) is 5.17 Å². The van der Waals surface area contributed by atoms with Gasteiger partial charge in [0.1, 0.15) is 17.7 Å². The molecule has 1 aromatic carbocycles. The van der Waals surface area contributed by atoms with Gasteiger partial charge in [0.05, 0.1) is 17.3 Å². The first-order chi connectivity index (χ1) is 12.8. The van der Waals surface area contributed by atoms with E-state index in [1.165, 1.54) is 48.3 Å². The van der Waals surface area contributed by atoms with Gasteiger partial charge in [-0.3, -0.25) is 9.98 Å². The molecule has 0 saturated carbocycles. The van der Waals surface area contributed by atoms with E-state index in [4.69, 9.17) is 11.0 Å². The molecule has 0 aliphatic carbocycles. The normalized spacial score (nSPS) is 19.3. The van der Waals surface area contributed by atoms with Crippen molar-refractivity contribution in [3.63, 3.8) is 0 Å². The summed E-state index contributed by atoms with van der Waals surface area (Å²) >= 11 is 1.47. The van der Waals surface area contributed by atoms with Crippen molar-refractivity contribution in [2.24, 2.45) is 10.7 Å². The van der Waals surface area contributed by atoms with Crippen molar-refractivity contribution in [3.8, 4) is 6.07 Å². The van der Waals surface area contributed by atoms with Gasteiger partial charge in [0.25, 0.3) is 0 Å². The molecule has 0 radical (unpaired) electrons. The van der Waals surface area contributed by atoms with E-state index in [0.717, 1.165) is 0 Å². The van der Waals surface area contributed by atoms with Crippen molar-refractivity contribution in [1.82, 2.24) is 4.98 Å². The van der Waals surface area contributed by atoms with Crippen molar-refractivity contribution in [2.75, 3.05) is 0 Å². The van der Waals surface area contributed by atoms with Crippen LogP contribution in [-0.4, -0.2) is 14.9 Å². The molecule has 138 valence electrons. The van der Waals surface area contributed by atoms with Crippen LogP contribution in [0.15, 0.2) is 41.5 Å². The van der Waals surface area contributed by atoms with Crippen LogP contribution in [0, 0.1) is 17.1 Å². The first-order valence-electron chi connectivity index (χ1n) is 8.33. The lowest BCUT2D eigenvalue weighted by Gasteiger charge is -2.32. The minimum Gasteiger partial charge on any atom is -0.379 e. The van der Waals surface area contributed by atoms with Crippen LogP contribution in [0.3, 0.4) is 0 Å². The number of hydrogen-bond acceptors (Lipinski definition) is 5. The van der Waals surface area contributed by atoms with Gasteiger partial charge in [-0.25, -0.2) is 8.78 Å². The van der Waals surface area contributed by atoms with Crippen molar-refractivity contribution < 1.29 is 8.78 Å². The lowest BCUT2D eigenvalue weighted by molar-refractivity contribution is 0.515. The molecular weight excluding hydrogens is 366 g/mol. The summed E-state index contributed by atoms with van der Waals surface area (Å²) in [7, 11) is 0. The Morgan fingerprint density at radius 1 is 1.37 bits per heavy atom. The monoisotopic (exact) mass is 384 g/mol. The lowest BCUT2D eigenvalue weighted by atomic mass is 9.94. The van der Waals surface area contributed by atoms with Crippen LogP contribution in [0.4, 0.5) is 8.78 Å². The van der Waals surface area contributed by atoms with Gasteiger partial charge in [-0.05, 0) is 42.3 Å². The molecule has 2 aromatic rings. The minimum atomic E-state index is -0.570. The van der Waals surface area contributed by atoms with Crippen molar-refractivity contribution in [2.45, 2.75) is 31.1 Å². The Balaban J connectivity index is 1.93. The van der Waals surface area contributed by atoms with Crippen molar-refractivity contribution >= 4 is 28.8 Å². The van der Waals surface area contributed by atoms with E-state index in [9.17, 15) is 8.78 Å². The summed E-state index contributed by atoms with van der Waals surface area (Å²) in [4.78, 5) is 8.29. The molecule has 0 amide bonds. The number of benzene rings is 1. The number of nitrogens with zero attached hydrogens (tertiary/aromatic N) is 3. The molecule has 1 aliphatic heterocycles. The molecule has 2 N–H and O–H groups in total. The summed E-state index contributed by atoms with van der Waals surface area (Å²) in [5.41, 5.74) is 7.24. The summed E-state index contributed by atoms with van der Waals surface area (Å²) in [6, 6.07) is 8.84. The summed E-state index contributed by atoms with van der Waals surface area (Å²) in [5, 5.41) is 9.20. The molecule has 2 heterocycles. The molecule has 1 aromatic heterocycles. The number of aromatic nitrogens is 1. The first kappa shape index (κ1) is 19.1. The molecule has 4 nitrogen and oxygen atoms in total.